The first-order chi connectivity index (χ1) is 13.4. The fourth-order valence-corrected chi connectivity index (χ4v) is 3.02. The second-order valence-corrected chi connectivity index (χ2v) is 6.21. The topological polar surface area (TPSA) is 186 Å². The van der Waals surface area contributed by atoms with Crippen molar-refractivity contribution in [1.29, 1.82) is 0 Å². The van der Waals surface area contributed by atoms with Crippen molar-refractivity contribution < 1.29 is 24.9 Å². The molecule has 0 spiro atoms. The van der Waals surface area contributed by atoms with Crippen molar-refractivity contribution in [1.82, 2.24) is 34.6 Å². The number of amides is 1. The highest BCUT2D eigenvalue weighted by molar-refractivity contribution is 5.93. The van der Waals surface area contributed by atoms with Crippen LogP contribution in [0.15, 0.2) is 18.7 Å². The number of imidazole rings is 1. The Morgan fingerprint density at radius 3 is 2.82 bits per heavy atom. The molecule has 0 radical (unpaired) electrons. The normalized spacial score (nSPS) is 24.7. The Balaban J connectivity index is 1.77. The van der Waals surface area contributed by atoms with Gasteiger partial charge in [0.15, 0.2) is 17.7 Å². The van der Waals surface area contributed by atoms with Gasteiger partial charge in [-0.25, -0.2) is 9.67 Å². The van der Waals surface area contributed by atoms with Crippen molar-refractivity contribution in [3.05, 3.63) is 24.3 Å². The van der Waals surface area contributed by atoms with E-state index < -0.39 is 31.1 Å². The molecule has 3 aromatic heterocycles. The first-order valence-electron chi connectivity index (χ1n) is 8.34. The van der Waals surface area contributed by atoms with E-state index in [-0.39, 0.29) is 28.8 Å². The lowest BCUT2D eigenvalue weighted by molar-refractivity contribution is -0.0511. The summed E-state index contributed by atoms with van der Waals surface area (Å²) >= 11 is 0. The molecule has 1 aliphatic heterocycles. The fraction of sp³-hybridized carbons (Fsp3) is 0.400. The van der Waals surface area contributed by atoms with E-state index in [0.29, 0.717) is 5.56 Å². The smallest absolute Gasteiger partial charge is 0.254 e. The maximum absolute atomic E-state index is 11.7. The van der Waals surface area contributed by atoms with Crippen LogP contribution in [0.1, 0.15) is 16.6 Å². The number of nitrogens with one attached hydrogen (secondary N) is 1. The summed E-state index contributed by atoms with van der Waals surface area (Å²) in [6, 6.07) is 0. The SMILES string of the molecule is CNC(=O)c1cnn(-c2nc(N)c3ncn([C@@H]4O[C@@H](CO)[C@H](O)[C@H]4O)c3n2)c1. The number of fused-ring (bicyclic) bond motifs is 1. The van der Waals surface area contributed by atoms with Gasteiger partial charge in [-0.3, -0.25) is 9.36 Å². The molecule has 1 aliphatic rings. The van der Waals surface area contributed by atoms with Gasteiger partial charge in [-0.2, -0.15) is 15.1 Å². The summed E-state index contributed by atoms with van der Waals surface area (Å²) in [6.45, 7) is -0.459. The molecule has 3 aromatic rings. The van der Waals surface area contributed by atoms with Crippen LogP contribution < -0.4 is 11.1 Å². The van der Waals surface area contributed by atoms with Crippen LogP contribution in [0, 0.1) is 0 Å². The number of anilines is 1. The highest BCUT2D eigenvalue weighted by Crippen LogP contribution is 2.32. The summed E-state index contributed by atoms with van der Waals surface area (Å²) in [5.74, 6) is -0.187. The molecule has 0 unspecified atom stereocenters. The van der Waals surface area contributed by atoms with E-state index in [0.717, 1.165) is 0 Å². The third-order valence-corrected chi connectivity index (χ3v) is 4.50. The standard InChI is InChI=1S/C15H18N8O5/c1-17-13(27)6-2-19-23(3-6)15-20-11(16)8-12(21-15)22(5-18-8)14-10(26)9(25)7(4-24)28-14/h2-3,5,7,9-10,14,24-26H,4H2,1H3,(H,17,27)(H2,16,20,21)/t7-,9-,10+,14+/m0/s1. The first-order valence-corrected chi connectivity index (χ1v) is 8.34. The number of carbonyl (C=O) groups is 1. The van der Waals surface area contributed by atoms with Crippen molar-refractivity contribution >= 4 is 22.9 Å². The maximum Gasteiger partial charge on any atom is 0.254 e. The highest BCUT2D eigenvalue weighted by Gasteiger charge is 2.44. The Kier molecular flexibility index (Phi) is 4.43. The molecule has 0 saturated carbocycles. The van der Waals surface area contributed by atoms with Crippen LogP contribution in [0.4, 0.5) is 5.82 Å². The Bertz CT molecular complexity index is 1030. The van der Waals surface area contributed by atoms with Crippen molar-refractivity contribution in [3.63, 3.8) is 0 Å². The molecule has 1 fully saturated rings. The van der Waals surface area contributed by atoms with E-state index >= 15 is 0 Å². The van der Waals surface area contributed by atoms with Crippen molar-refractivity contribution in [2.24, 2.45) is 0 Å². The summed E-state index contributed by atoms with van der Waals surface area (Å²) in [4.78, 5) is 24.4. The molecule has 1 saturated heterocycles. The molecule has 4 atom stereocenters. The number of aliphatic hydroxyl groups excluding tert-OH is 3. The van der Waals surface area contributed by atoms with Crippen LogP contribution >= 0.6 is 0 Å². The van der Waals surface area contributed by atoms with E-state index in [9.17, 15) is 20.1 Å². The van der Waals surface area contributed by atoms with Gasteiger partial charge >= 0.3 is 0 Å². The Hall–Kier alpha value is -3.13. The van der Waals surface area contributed by atoms with Gasteiger partial charge in [-0.15, -0.1) is 0 Å². The van der Waals surface area contributed by atoms with Crippen molar-refractivity contribution in [2.45, 2.75) is 24.5 Å². The zero-order chi connectivity index (χ0) is 20.0. The summed E-state index contributed by atoms with van der Waals surface area (Å²) in [5, 5.41) is 36.1. The first kappa shape index (κ1) is 18.2. The predicted molar refractivity (Wildman–Crippen MR) is 93.3 cm³/mol. The van der Waals surface area contributed by atoms with Crippen LogP contribution in [0.25, 0.3) is 17.1 Å². The van der Waals surface area contributed by atoms with E-state index in [4.69, 9.17) is 10.5 Å². The quantitative estimate of drug-likeness (QED) is 0.320. The van der Waals surface area contributed by atoms with Crippen LogP contribution in [-0.2, 0) is 4.74 Å². The third-order valence-electron chi connectivity index (χ3n) is 4.50. The number of aliphatic hydroxyl groups is 3. The average molecular weight is 390 g/mol. The van der Waals surface area contributed by atoms with Crippen LogP contribution in [0.3, 0.4) is 0 Å². The molecule has 13 nitrogen and oxygen atoms in total. The van der Waals surface area contributed by atoms with E-state index in [1.807, 2.05) is 0 Å². The van der Waals surface area contributed by atoms with Gasteiger partial charge in [0.2, 0.25) is 0 Å². The lowest BCUT2D eigenvalue weighted by atomic mass is 10.1. The number of rotatable bonds is 4. The molecule has 4 rings (SSSR count). The summed E-state index contributed by atoms with van der Waals surface area (Å²) in [5.41, 5.74) is 6.78. The minimum atomic E-state index is -1.31. The minimum absolute atomic E-state index is 0.0579. The van der Waals surface area contributed by atoms with Gasteiger partial charge in [-0.1, -0.05) is 0 Å². The second-order valence-electron chi connectivity index (χ2n) is 6.21. The lowest BCUT2D eigenvalue weighted by Gasteiger charge is -2.16. The second kappa shape index (κ2) is 6.79. The molecule has 148 valence electrons. The maximum atomic E-state index is 11.7. The number of nitrogens with zero attached hydrogens (tertiary/aromatic N) is 6. The predicted octanol–water partition coefficient (Wildman–Crippen LogP) is -2.43. The van der Waals surface area contributed by atoms with Crippen LogP contribution in [0.5, 0.6) is 0 Å². The average Bonchev–Trinajstić information content (AvgIpc) is 3.40. The van der Waals surface area contributed by atoms with E-state index in [1.54, 1.807) is 0 Å². The number of hydrogen-bond donors (Lipinski definition) is 5. The number of ether oxygens (including phenoxy) is 1. The molecule has 0 aromatic carbocycles. The number of carbonyl (C=O) groups excluding carboxylic acids is 1. The van der Waals surface area contributed by atoms with Gasteiger partial charge in [0.25, 0.3) is 11.9 Å². The van der Waals surface area contributed by atoms with Crippen molar-refractivity contribution in [3.8, 4) is 5.95 Å². The minimum Gasteiger partial charge on any atom is -0.394 e. The lowest BCUT2D eigenvalue weighted by Crippen LogP contribution is -2.33. The molecule has 4 heterocycles. The molecular formula is C15H18N8O5. The molecule has 28 heavy (non-hydrogen) atoms. The zero-order valence-corrected chi connectivity index (χ0v) is 14.7. The summed E-state index contributed by atoms with van der Waals surface area (Å²) in [7, 11) is 1.50. The van der Waals surface area contributed by atoms with E-state index in [1.165, 1.54) is 35.0 Å². The fourth-order valence-electron chi connectivity index (χ4n) is 3.02. The Morgan fingerprint density at radius 1 is 1.36 bits per heavy atom. The van der Waals surface area contributed by atoms with Crippen LogP contribution in [0.2, 0.25) is 0 Å². The molecule has 0 bridgehead atoms. The van der Waals surface area contributed by atoms with Gasteiger partial charge < -0.3 is 31.1 Å². The van der Waals surface area contributed by atoms with Crippen molar-refractivity contribution in [2.75, 3.05) is 19.4 Å². The number of nitrogens with two attached hydrogens (primary N) is 1. The van der Waals surface area contributed by atoms with Gasteiger partial charge in [0.1, 0.15) is 23.8 Å². The largest absolute Gasteiger partial charge is 0.394 e. The number of hydrogen-bond acceptors (Lipinski definition) is 10. The van der Waals surface area contributed by atoms with Gasteiger partial charge in [0, 0.05) is 13.2 Å². The van der Waals surface area contributed by atoms with Gasteiger partial charge in [0.05, 0.1) is 24.7 Å². The zero-order valence-electron chi connectivity index (χ0n) is 14.7. The number of aromatic nitrogens is 6. The van der Waals surface area contributed by atoms with Gasteiger partial charge in [-0.05, 0) is 0 Å². The Labute approximate surface area is 157 Å². The molecular weight excluding hydrogens is 372 g/mol. The molecule has 1 amide bonds. The monoisotopic (exact) mass is 390 g/mol. The summed E-state index contributed by atoms with van der Waals surface area (Å²) < 4.78 is 8.18. The Morgan fingerprint density at radius 2 is 2.14 bits per heavy atom. The third kappa shape index (κ3) is 2.77. The van der Waals surface area contributed by atoms with E-state index in [2.05, 4.69) is 25.4 Å². The highest BCUT2D eigenvalue weighted by atomic mass is 16.6. The molecule has 6 N–H and O–H groups in total. The van der Waals surface area contributed by atoms with Crippen LogP contribution in [-0.4, -0.2) is 82.5 Å². The molecule has 0 aliphatic carbocycles. The molecule has 13 heteroatoms. The summed E-state index contributed by atoms with van der Waals surface area (Å²) in [6.07, 6.45) is -0.418. The number of nitrogen functional groups attached to an aromatic ring is 1.